The fraction of sp³-hybridized carbons (Fsp3) is 0.333. The lowest BCUT2D eigenvalue weighted by Gasteiger charge is -2.10. The summed E-state index contributed by atoms with van der Waals surface area (Å²) in [5.74, 6) is 0. The van der Waals surface area contributed by atoms with Gasteiger partial charge in [0.05, 0.1) is 10.9 Å². The molecule has 90 valence electrons. The summed E-state index contributed by atoms with van der Waals surface area (Å²) in [4.78, 5) is 16.7. The Morgan fingerprint density at radius 2 is 2.12 bits per heavy atom. The minimum Gasteiger partial charge on any atom is -0.290 e. The maximum Gasteiger partial charge on any atom is 0.261 e. The lowest BCUT2D eigenvalue weighted by Crippen LogP contribution is -2.20. The second-order valence-electron chi connectivity index (χ2n) is 4.09. The summed E-state index contributed by atoms with van der Waals surface area (Å²) < 4.78 is 2.68. The molecule has 0 aliphatic rings. The predicted octanol–water partition coefficient (Wildman–Crippen LogP) is 3.04. The Kier molecular flexibility index (Phi) is 3.77. The van der Waals surface area contributed by atoms with E-state index in [1.165, 1.54) is 0 Å². The largest absolute Gasteiger partial charge is 0.290 e. The SMILES string of the molecule is CC(C)Sc1nc2ccc(I)cc2c(=O)n1C. The van der Waals surface area contributed by atoms with Gasteiger partial charge in [-0.2, -0.15) is 0 Å². The van der Waals surface area contributed by atoms with Crippen molar-refractivity contribution in [2.75, 3.05) is 0 Å². The molecule has 0 aliphatic carbocycles. The molecule has 0 atom stereocenters. The predicted molar refractivity (Wildman–Crippen MR) is 80.7 cm³/mol. The molecule has 17 heavy (non-hydrogen) atoms. The van der Waals surface area contributed by atoms with Gasteiger partial charge in [-0.1, -0.05) is 25.6 Å². The standard InChI is InChI=1S/C12H13IN2OS/c1-7(2)17-12-14-10-5-4-8(13)6-9(10)11(16)15(12)3/h4-7H,1-3H3. The molecule has 0 unspecified atom stereocenters. The van der Waals surface area contributed by atoms with Crippen LogP contribution in [0.25, 0.3) is 10.9 Å². The van der Waals surface area contributed by atoms with Crippen molar-refractivity contribution in [2.45, 2.75) is 24.3 Å². The molecular formula is C12H13IN2OS. The van der Waals surface area contributed by atoms with Crippen molar-refractivity contribution in [1.82, 2.24) is 9.55 Å². The minimum absolute atomic E-state index is 0.0247. The van der Waals surface area contributed by atoms with E-state index in [1.807, 2.05) is 18.2 Å². The Balaban J connectivity index is 2.71. The molecule has 0 fully saturated rings. The smallest absolute Gasteiger partial charge is 0.261 e. The number of thioether (sulfide) groups is 1. The zero-order chi connectivity index (χ0) is 12.6. The van der Waals surface area contributed by atoms with E-state index in [9.17, 15) is 4.79 Å². The number of benzene rings is 1. The van der Waals surface area contributed by atoms with Gasteiger partial charge in [0, 0.05) is 15.9 Å². The van der Waals surface area contributed by atoms with Crippen molar-refractivity contribution in [3.8, 4) is 0 Å². The van der Waals surface area contributed by atoms with E-state index in [0.29, 0.717) is 10.6 Å². The number of rotatable bonds is 2. The highest BCUT2D eigenvalue weighted by atomic mass is 127. The van der Waals surface area contributed by atoms with Crippen LogP contribution in [0.2, 0.25) is 0 Å². The van der Waals surface area contributed by atoms with Gasteiger partial charge in [-0.3, -0.25) is 9.36 Å². The molecule has 1 heterocycles. The summed E-state index contributed by atoms with van der Waals surface area (Å²) in [6, 6.07) is 5.76. The van der Waals surface area contributed by atoms with E-state index in [1.54, 1.807) is 23.4 Å². The summed E-state index contributed by atoms with van der Waals surface area (Å²) in [5, 5.41) is 1.88. The number of hydrogen-bond acceptors (Lipinski definition) is 3. The molecule has 0 N–H and O–H groups in total. The minimum atomic E-state index is 0.0247. The van der Waals surface area contributed by atoms with Gasteiger partial charge in [0.1, 0.15) is 0 Å². The number of hydrogen-bond donors (Lipinski definition) is 0. The third-order valence-corrected chi connectivity index (χ3v) is 4.06. The Morgan fingerprint density at radius 3 is 2.76 bits per heavy atom. The first-order chi connectivity index (χ1) is 7.99. The van der Waals surface area contributed by atoms with Crippen LogP contribution in [0.5, 0.6) is 0 Å². The van der Waals surface area contributed by atoms with Crippen LogP contribution < -0.4 is 5.56 Å². The van der Waals surface area contributed by atoms with Gasteiger partial charge in [-0.05, 0) is 40.8 Å². The van der Waals surface area contributed by atoms with E-state index in [4.69, 9.17) is 0 Å². The van der Waals surface area contributed by atoms with Gasteiger partial charge < -0.3 is 0 Å². The summed E-state index contributed by atoms with van der Waals surface area (Å²) in [7, 11) is 1.78. The van der Waals surface area contributed by atoms with Gasteiger partial charge in [-0.25, -0.2) is 4.98 Å². The maximum absolute atomic E-state index is 12.2. The van der Waals surface area contributed by atoms with Crippen LogP contribution in [0.4, 0.5) is 0 Å². The summed E-state index contributed by atoms with van der Waals surface area (Å²) in [6.07, 6.45) is 0. The van der Waals surface area contributed by atoms with Crippen LogP contribution in [0.3, 0.4) is 0 Å². The lowest BCUT2D eigenvalue weighted by molar-refractivity contribution is 0.724. The molecule has 0 spiro atoms. The van der Waals surface area contributed by atoms with Crippen LogP contribution in [0.1, 0.15) is 13.8 Å². The molecule has 3 nitrogen and oxygen atoms in total. The monoisotopic (exact) mass is 360 g/mol. The van der Waals surface area contributed by atoms with Crippen LogP contribution in [0.15, 0.2) is 28.2 Å². The molecule has 0 saturated carbocycles. The molecule has 0 radical (unpaired) electrons. The van der Waals surface area contributed by atoms with Crippen molar-refractivity contribution in [3.05, 3.63) is 32.1 Å². The first-order valence-corrected chi connectivity index (χ1v) is 7.28. The van der Waals surface area contributed by atoms with Crippen LogP contribution in [0, 0.1) is 3.57 Å². The van der Waals surface area contributed by atoms with Crippen molar-refractivity contribution >= 4 is 45.3 Å². The van der Waals surface area contributed by atoms with Gasteiger partial charge in [-0.15, -0.1) is 0 Å². The Hall–Kier alpha value is -0.560. The molecule has 0 saturated heterocycles. The quantitative estimate of drug-likeness (QED) is 0.469. The fourth-order valence-corrected chi connectivity index (χ4v) is 2.84. The highest BCUT2D eigenvalue weighted by Gasteiger charge is 2.10. The topological polar surface area (TPSA) is 34.9 Å². The Morgan fingerprint density at radius 1 is 1.41 bits per heavy atom. The highest BCUT2D eigenvalue weighted by Crippen LogP contribution is 2.21. The summed E-state index contributed by atoms with van der Waals surface area (Å²) >= 11 is 3.81. The van der Waals surface area contributed by atoms with Gasteiger partial charge in [0.2, 0.25) is 0 Å². The van der Waals surface area contributed by atoms with Crippen molar-refractivity contribution in [1.29, 1.82) is 0 Å². The molecule has 0 bridgehead atoms. The third-order valence-electron chi connectivity index (χ3n) is 2.34. The number of aromatic nitrogens is 2. The van der Waals surface area contributed by atoms with E-state index < -0.39 is 0 Å². The third kappa shape index (κ3) is 2.65. The molecule has 1 aromatic heterocycles. The number of fused-ring (bicyclic) bond motifs is 1. The molecule has 2 rings (SSSR count). The average Bonchev–Trinajstić information content (AvgIpc) is 2.26. The van der Waals surface area contributed by atoms with Crippen LogP contribution >= 0.6 is 34.4 Å². The van der Waals surface area contributed by atoms with Gasteiger partial charge in [0.25, 0.3) is 5.56 Å². The van der Waals surface area contributed by atoms with E-state index in [0.717, 1.165) is 14.2 Å². The zero-order valence-electron chi connectivity index (χ0n) is 9.90. The van der Waals surface area contributed by atoms with E-state index in [-0.39, 0.29) is 5.56 Å². The molecular weight excluding hydrogens is 347 g/mol. The van der Waals surface area contributed by atoms with E-state index in [2.05, 4.69) is 41.4 Å². The fourth-order valence-electron chi connectivity index (χ4n) is 1.54. The number of nitrogens with zero attached hydrogens (tertiary/aromatic N) is 2. The summed E-state index contributed by atoms with van der Waals surface area (Å²) in [5.41, 5.74) is 0.799. The molecule has 5 heteroatoms. The zero-order valence-corrected chi connectivity index (χ0v) is 12.9. The van der Waals surface area contributed by atoms with Gasteiger partial charge in [0.15, 0.2) is 5.16 Å². The van der Waals surface area contributed by atoms with Crippen molar-refractivity contribution in [3.63, 3.8) is 0 Å². The average molecular weight is 360 g/mol. The van der Waals surface area contributed by atoms with Crippen molar-refractivity contribution < 1.29 is 0 Å². The second-order valence-corrected chi connectivity index (χ2v) is 6.88. The molecule has 1 aromatic carbocycles. The van der Waals surface area contributed by atoms with Crippen LogP contribution in [-0.2, 0) is 7.05 Å². The normalized spacial score (nSPS) is 11.4. The Bertz CT molecular complexity index is 622. The maximum atomic E-state index is 12.2. The molecule has 2 aromatic rings. The summed E-state index contributed by atoms with van der Waals surface area (Å²) in [6.45, 7) is 4.18. The van der Waals surface area contributed by atoms with E-state index >= 15 is 0 Å². The Labute approximate surface area is 118 Å². The highest BCUT2D eigenvalue weighted by molar-refractivity contribution is 14.1. The number of halogens is 1. The van der Waals surface area contributed by atoms with Gasteiger partial charge >= 0.3 is 0 Å². The van der Waals surface area contributed by atoms with Crippen molar-refractivity contribution in [2.24, 2.45) is 7.05 Å². The van der Waals surface area contributed by atoms with Crippen LogP contribution in [-0.4, -0.2) is 14.8 Å². The first-order valence-electron chi connectivity index (χ1n) is 5.32. The molecule has 0 amide bonds. The molecule has 0 aliphatic heterocycles. The second kappa shape index (κ2) is 4.97. The lowest BCUT2D eigenvalue weighted by atomic mass is 10.2. The first kappa shape index (κ1) is 12.9.